The zero-order chi connectivity index (χ0) is 20.5. The van der Waals surface area contributed by atoms with Crippen molar-refractivity contribution in [1.82, 2.24) is 14.1 Å². The van der Waals surface area contributed by atoms with Crippen LogP contribution in [-0.2, 0) is 4.74 Å². The van der Waals surface area contributed by atoms with E-state index >= 15 is 0 Å². The summed E-state index contributed by atoms with van der Waals surface area (Å²) < 4.78 is 8.87. The number of rotatable bonds is 3. The van der Waals surface area contributed by atoms with Gasteiger partial charge in [0.1, 0.15) is 17.1 Å². The van der Waals surface area contributed by atoms with Crippen molar-refractivity contribution in [2.75, 3.05) is 31.2 Å². The molecule has 0 amide bonds. The summed E-state index contributed by atoms with van der Waals surface area (Å²) in [5, 5.41) is 9.73. The van der Waals surface area contributed by atoms with Crippen LogP contribution in [0.15, 0.2) is 71.7 Å². The summed E-state index contributed by atoms with van der Waals surface area (Å²) in [5.74, 6) is 0.532. The molecule has 2 aromatic carbocycles. The van der Waals surface area contributed by atoms with E-state index in [1.807, 2.05) is 65.6 Å². The predicted molar refractivity (Wildman–Crippen MR) is 114 cm³/mol. The highest BCUT2D eigenvalue weighted by molar-refractivity contribution is 5.85. The van der Waals surface area contributed by atoms with Gasteiger partial charge in [-0.05, 0) is 24.3 Å². The molecule has 1 aliphatic rings. The van der Waals surface area contributed by atoms with E-state index in [2.05, 4.69) is 6.07 Å². The van der Waals surface area contributed by atoms with Crippen molar-refractivity contribution < 1.29 is 4.74 Å². The standard InChI is InChI=1S/C23H19N5O2/c24-15-17-16-27(18-7-3-1-4-8-18)21-20(17)25-23(26-11-13-30-14-12-26)28(22(21)29)19-9-5-2-6-10-19/h1-10,16H,11-14H2. The lowest BCUT2D eigenvalue weighted by molar-refractivity contribution is 0.122. The number of anilines is 1. The molecule has 5 rings (SSSR count). The molecule has 0 unspecified atom stereocenters. The van der Waals surface area contributed by atoms with E-state index in [1.165, 1.54) is 0 Å². The Kier molecular flexibility index (Phi) is 4.54. The fourth-order valence-electron chi connectivity index (χ4n) is 3.82. The van der Waals surface area contributed by atoms with Gasteiger partial charge < -0.3 is 14.2 Å². The Bertz CT molecular complexity index is 1300. The number of ether oxygens (including phenoxy) is 1. The summed E-state index contributed by atoms with van der Waals surface area (Å²) in [5.41, 5.74) is 2.51. The van der Waals surface area contributed by atoms with Crippen LogP contribution in [0.25, 0.3) is 22.4 Å². The van der Waals surface area contributed by atoms with E-state index in [0.29, 0.717) is 48.8 Å². The lowest BCUT2D eigenvalue weighted by atomic mass is 10.2. The highest BCUT2D eigenvalue weighted by Gasteiger charge is 2.24. The minimum Gasteiger partial charge on any atom is -0.378 e. The molecule has 3 heterocycles. The van der Waals surface area contributed by atoms with Crippen molar-refractivity contribution in [1.29, 1.82) is 5.26 Å². The molecule has 30 heavy (non-hydrogen) atoms. The number of benzene rings is 2. The lowest BCUT2D eigenvalue weighted by Gasteiger charge is -2.29. The van der Waals surface area contributed by atoms with Gasteiger partial charge in [0.15, 0.2) is 0 Å². The monoisotopic (exact) mass is 397 g/mol. The molecule has 1 aliphatic heterocycles. The van der Waals surface area contributed by atoms with Gasteiger partial charge >= 0.3 is 0 Å². The van der Waals surface area contributed by atoms with Crippen LogP contribution in [0.2, 0.25) is 0 Å². The minimum absolute atomic E-state index is 0.210. The Morgan fingerprint density at radius 3 is 2.20 bits per heavy atom. The summed E-state index contributed by atoms with van der Waals surface area (Å²) in [6.45, 7) is 2.40. The Balaban J connectivity index is 1.86. The normalized spacial score (nSPS) is 14.0. The number of morpholine rings is 1. The molecule has 4 aromatic rings. The Labute approximate surface area is 173 Å². The molecule has 1 saturated heterocycles. The quantitative estimate of drug-likeness (QED) is 0.531. The number of nitrogens with zero attached hydrogens (tertiary/aromatic N) is 5. The first-order chi connectivity index (χ1) is 14.8. The van der Waals surface area contributed by atoms with Crippen LogP contribution in [0.4, 0.5) is 5.95 Å². The van der Waals surface area contributed by atoms with E-state index in [0.717, 1.165) is 11.4 Å². The van der Waals surface area contributed by atoms with E-state index in [9.17, 15) is 10.1 Å². The molecule has 0 aliphatic carbocycles. The highest BCUT2D eigenvalue weighted by atomic mass is 16.5. The first kappa shape index (κ1) is 18.2. The number of aromatic nitrogens is 3. The summed E-state index contributed by atoms with van der Waals surface area (Å²) >= 11 is 0. The van der Waals surface area contributed by atoms with Gasteiger partial charge in [-0.25, -0.2) is 9.55 Å². The topological polar surface area (TPSA) is 76.1 Å². The number of hydrogen-bond donors (Lipinski definition) is 0. The van der Waals surface area contributed by atoms with E-state index in [1.54, 1.807) is 15.3 Å². The number of fused-ring (bicyclic) bond motifs is 1. The van der Waals surface area contributed by atoms with Crippen molar-refractivity contribution in [3.05, 3.63) is 82.8 Å². The maximum atomic E-state index is 13.9. The van der Waals surface area contributed by atoms with Crippen LogP contribution >= 0.6 is 0 Å². The third-order valence-electron chi connectivity index (χ3n) is 5.26. The maximum absolute atomic E-state index is 13.9. The van der Waals surface area contributed by atoms with Crippen LogP contribution in [0.3, 0.4) is 0 Å². The van der Waals surface area contributed by atoms with Gasteiger partial charge in [0.25, 0.3) is 5.56 Å². The highest BCUT2D eigenvalue weighted by Crippen LogP contribution is 2.25. The molecule has 0 radical (unpaired) electrons. The molecule has 0 N–H and O–H groups in total. The molecular formula is C23H19N5O2. The third-order valence-corrected chi connectivity index (χ3v) is 5.26. The molecule has 7 heteroatoms. The van der Waals surface area contributed by atoms with E-state index in [4.69, 9.17) is 9.72 Å². The van der Waals surface area contributed by atoms with Crippen molar-refractivity contribution in [2.45, 2.75) is 0 Å². The van der Waals surface area contributed by atoms with Crippen LogP contribution in [0, 0.1) is 11.3 Å². The average Bonchev–Trinajstić information content (AvgIpc) is 3.20. The van der Waals surface area contributed by atoms with Crippen molar-refractivity contribution in [2.24, 2.45) is 0 Å². The first-order valence-electron chi connectivity index (χ1n) is 9.79. The molecule has 0 saturated carbocycles. The first-order valence-corrected chi connectivity index (χ1v) is 9.79. The smallest absolute Gasteiger partial charge is 0.284 e. The van der Waals surface area contributed by atoms with E-state index in [-0.39, 0.29) is 5.56 Å². The number of nitriles is 1. The molecule has 2 aromatic heterocycles. The lowest BCUT2D eigenvalue weighted by Crippen LogP contribution is -2.40. The zero-order valence-electron chi connectivity index (χ0n) is 16.2. The molecule has 148 valence electrons. The second-order valence-corrected chi connectivity index (χ2v) is 7.04. The largest absolute Gasteiger partial charge is 0.378 e. The summed E-state index contributed by atoms with van der Waals surface area (Å²) in [6.07, 6.45) is 1.69. The molecule has 0 spiro atoms. The van der Waals surface area contributed by atoms with Gasteiger partial charge in [0, 0.05) is 25.0 Å². The molecule has 0 atom stereocenters. The zero-order valence-corrected chi connectivity index (χ0v) is 16.2. The van der Waals surface area contributed by atoms with Gasteiger partial charge in [-0.3, -0.25) is 4.79 Å². The van der Waals surface area contributed by atoms with E-state index < -0.39 is 0 Å². The molecule has 1 fully saturated rings. The van der Waals surface area contributed by atoms with Gasteiger partial charge in [-0.2, -0.15) is 5.26 Å². The van der Waals surface area contributed by atoms with Crippen molar-refractivity contribution in [3.8, 4) is 17.4 Å². The van der Waals surface area contributed by atoms with Crippen LogP contribution in [-0.4, -0.2) is 40.4 Å². The summed E-state index contributed by atoms with van der Waals surface area (Å²) in [7, 11) is 0. The second-order valence-electron chi connectivity index (χ2n) is 7.04. The van der Waals surface area contributed by atoms with Crippen molar-refractivity contribution >= 4 is 17.0 Å². The summed E-state index contributed by atoms with van der Waals surface area (Å²) in [4.78, 5) is 20.7. The second kappa shape index (κ2) is 7.50. The minimum atomic E-state index is -0.210. The molecular weight excluding hydrogens is 378 g/mol. The Morgan fingerprint density at radius 2 is 1.57 bits per heavy atom. The van der Waals surface area contributed by atoms with Crippen LogP contribution < -0.4 is 10.5 Å². The average molecular weight is 397 g/mol. The third kappa shape index (κ3) is 2.95. The molecule has 0 bridgehead atoms. The maximum Gasteiger partial charge on any atom is 0.284 e. The van der Waals surface area contributed by atoms with Gasteiger partial charge in [0.2, 0.25) is 5.95 Å². The SMILES string of the molecule is N#Cc1cn(-c2ccccc2)c2c(=O)n(-c3ccccc3)c(N3CCOCC3)nc12. The molecule has 7 nitrogen and oxygen atoms in total. The van der Waals surface area contributed by atoms with Gasteiger partial charge in [0.05, 0.1) is 24.5 Å². The van der Waals surface area contributed by atoms with Crippen LogP contribution in [0.5, 0.6) is 0 Å². The van der Waals surface area contributed by atoms with Gasteiger partial charge in [-0.1, -0.05) is 36.4 Å². The summed E-state index contributed by atoms with van der Waals surface area (Å²) in [6, 6.07) is 21.2. The van der Waals surface area contributed by atoms with Gasteiger partial charge in [-0.15, -0.1) is 0 Å². The van der Waals surface area contributed by atoms with Crippen molar-refractivity contribution in [3.63, 3.8) is 0 Å². The fraction of sp³-hybridized carbons (Fsp3) is 0.174. The number of para-hydroxylation sites is 2. The van der Waals surface area contributed by atoms with Crippen LogP contribution in [0.1, 0.15) is 5.56 Å². The number of hydrogen-bond acceptors (Lipinski definition) is 5. The Morgan fingerprint density at radius 1 is 0.933 bits per heavy atom. The Hall–Kier alpha value is -3.89. The fourth-order valence-corrected chi connectivity index (χ4v) is 3.82. The predicted octanol–water partition coefficient (Wildman–Crippen LogP) is 2.88.